The molecule has 5 rings (SSSR count). The van der Waals surface area contributed by atoms with Gasteiger partial charge in [-0.15, -0.1) is 0 Å². The summed E-state index contributed by atoms with van der Waals surface area (Å²) < 4.78 is 0. The minimum atomic E-state index is -0.209. The van der Waals surface area contributed by atoms with Crippen molar-refractivity contribution in [2.45, 2.75) is 57.0 Å². The smallest absolute Gasteiger partial charge is 0.237 e. The highest BCUT2D eigenvalue weighted by Crippen LogP contribution is 2.55. The first-order chi connectivity index (χ1) is 10.5. The lowest BCUT2D eigenvalue weighted by Crippen LogP contribution is -2.63. The van der Waals surface area contributed by atoms with Gasteiger partial charge in [0.05, 0.1) is 12.6 Å². The zero-order valence-electron chi connectivity index (χ0n) is 13.4. The van der Waals surface area contributed by atoms with E-state index in [2.05, 4.69) is 10.6 Å². The number of hydrogen-bond acceptors (Lipinski definition) is 3. The third-order valence-corrected chi connectivity index (χ3v) is 6.42. The van der Waals surface area contributed by atoms with Gasteiger partial charge in [-0.2, -0.15) is 0 Å². The lowest BCUT2D eigenvalue weighted by molar-refractivity contribution is -0.134. The Morgan fingerprint density at radius 3 is 2.36 bits per heavy atom. The number of hydrogen-bond donors (Lipinski definition) is 2. The Balaban J connectivity index is 1.42. The molecular weight excluding hydrogens is 278 g/mol. The third-order valence-electron chi connectivity index (χ3n) is 6.42. The van der Waals surface area contributed by atoms with E-state index >= 15 is 0 Å². The van der Waals surface area contributed by atoms with E-state index in [-0.39, 0.29) is 23.4 Å². The molecule has 4 saturated carbocycles. The molecule has 4 bridgehead atoms. The number of amides is 2. The van der Waals surface area contributed by atoms with E-state index in [9.17, 15) is 9.59 Å². The zero-order chi connectivity index (χ0) is 15.3. The fourth-order valence-electron chi connectivity index (χ4n) is 5.78. The van der Waals surface area contributed by atoms with Crippen molar-refractivity contribution in [3.8, 4) is 0 Å². The van der Waals surface area contributed by atoms with Gasteiger partial charge in [-0.3, -0.25) is 14.5 Å². The minimum Gasteiger partial charge on any atom is -0.354 e. The van der Waals surface area contributed by atoms with Crippen LogP contribution in [0.5, 0.6) is 0 Å². The monoisotopic (exact) mass is 305 g/mol. The lowest BCUT2D eigenvalue weighted by Gasteiger charge is -2.57. The predicted octanol–water partition coefficient (Wildman–Crippen LogP) is 0.892. The molecule has 5 fully saturated rings. The van der Waals surface area contributed by atoms with Crippen LogP contribution in [0.4, 0.5) is 0 Å². The lowest BCUT2D eigenvalue weighted by atomic mass is 9.53. The zero-order valence-corrected chi connectivity index (χ0v) is 13.4. The molecule has 0 unspecified atom stereocenters. The summed E-state index contributed by atoms with van der Waals surface area (Å²) in [4.78, 5) is 26.3. The van der Waals surface area contributed by atoms with Crippen LogP contribution in [0.3, 0.4) is 0 Å². The molecule has 0 aromatic heterocycles. The van der Waals surface area contributed by atoms with Gasteiger partial charge >= 0.3 is 0 Å². The van der Waals surface area contributed by atoms with Crippen molar-refractivity contribution < 1.29 is 9.59 Å². The maximum atomic E-state index is 12.7. The third kappa shape index (κ3) is 2.53. The molecule has 5 aliphatic rings. The summed E-state index contributed by atoms with van der Waals surface area (Å²) in [6.07, 6.45) is 7.69. The van der Waals surface area contributed by atoms with E-state index in [1.807, 2.05) is 11.8 Å². The van der Waals surface area contributed by atoms with Gasteiger partial charge in [0.1, 0.15) is 0 Å². The van der Waals surface area contributed by atoms with Crippen LogP contribution in [0.15, 0.2) is 0 Å². The van der Waals surface area contributed by atoms with Gasteiger partial charge in [-0.25, -0.2) is 0 Å². The minimum absolute atomic E-state index is 0.0284. The van der Waals surface area contributed by atoms with Crippen LogP contribution < -0.4 is 10.6 Å². The van der Waals surface area contributed by atoms with E-state index in [0.29, 0.717) is 13.1 Å². The molecule has 0 aromatic carbocycles. The molecule has 1 heterocycles. The number of carbonyl (C=O) groups is 2. The Bertz CT molecular complexity index is 455. The predicted molar refractivity (Wildman–Crippen MR) is 83.1 cm³/mol. The summed E-state index contributed by atoms with van der Waals surface area (Å²) in [6.45, 7) is 3.69. The molecule has 22 heavy (non-hydrogen) atoms. The highest BCUT2D eigenvalue weighted by molar-refractivity contribution is 5.84. The van der Waals surface area contributed by atoms with Crippen molar-refractivity contribution in [2.75, 3.05) is 19.6 Å². The van der Waals surface area contributed by atoms with Gasteiger partial charge in [-0.05, 0) is 63.2 Å². The molecule has 5 heteroatoms. The molecule has 0 radical (unpaired) electrons. The summed E-state index contributed by atoms with van der Waals surface area (Å²) in [7, 11) is 0. The van der Waals surface area contributed by atoms with Crippen molar-refractivity contribution in [3.05, 3.63) is 0 Å². The summed E-state index contributed by atoms with van der Waals surface area (Å²) in [6, 6.07) is -0.209. The van der Waals surface area contributed by atoms with Gasteiger partial charge in [0, 0.05) is 18.6 Å². The first kappa shape index (κ1) is 14.5. The van der Waals surface area contributed by atoms with E-state index in [1.54, 1.807) is 0 Å². The largest absolute Gasteiger partial charge is 0.354 e. The second kappa shape index (κ2) is 5.22. The molecule has 5 nitrogen and oxygen atoms in total. The fraction of sp³-hybridized carbons (Fsp3) is 0.882. The average molecular weight is 305 g/mol. The number of carbonyl (C=O) groups excluding carboxylic acids is 2. The van der Waals surface area contributed by atoms with Crippen LogP contribution in [0.2, 0.25) is 0 Å². The van der Waals surface area contributed by atoms with Crippen LogP contribution in [0.1, 0.15) is 45.4 Å². The summed E-state index contributed by atoms with van der Waals surface area (Å²) in [5, 5.41) is 6.24. The van der Waals surface area contributed by atoms with Crippen molar-refractivity contribution in [1.82, 2.24) is 15.5 Å². The number of rotatable bonds is 3. The van der Waals surface area contributed by atoms with Crippen LogP contribution in [-0.4, -0.2) is 47.9 Å². The quantitative estimate of drug-likeness (QED) is 0.814. The van der Waals surface area contributed by atoms with Crippen LogP contribution >= 0.6 is 0 Å². The first-order valence-corrected chi connectivity index (χ1v) is 8.86. The Labute approximate surface area is 132 Å². The van der Waals surface area contributed by atoms with E-state index in [4.69, 9.17) is 0 Å². The maximum Gasteiger partial charge on any atom is 0.237 e. The fourth-order valence-corrected chi connectivity index (χ4v) is 5.78. The topological polar surface area (TPSA) is 61.4 Å². The highest BCUT2D eigenvalue weighted by atomic mass is 16.2. The molecule has 2 N–H and O–H groups in total. The number of nitrogens with zero attached hydrogens (tertiary/aromatic N) is 1. The first-order valence-electron chi connectivity index (χ1n) is 8.86. The standard InChI is InChI=1S/C17H27N3O2/c1-11(20-3-2-18-15(21)10-20)16(22)19-17-7-12-4-13(8-17)6-14(5-12)9-17/h11-14H,2-10H2,1H3,(H,18,21)(H,19,22)/t11-,12?,13?,14?,17?/m0/s1. The van der Waals surface area contributed by atoms with Crippen LogP contribution in [0.25, 0.3) is 0 Å². The average Bonchev–Trinajstić information content (AvgIpc) is 2.44. The second-order valence-corrected chi connectivity index (χ2v) is 8.18. The van der Waals surface area contributed by atoms with E-state index in [1.165, 1.54) is 38.5 Å². The molecule has 1 atom stereocenters. The van der Waals surface area contributed by atoms with Gasteiger partial charge < -0.3 is 10.6 Å². The molecule has 2 amide bonds. The molecular formula is C17H27N3O2. The van der Waals surface area contributed by atoms with Gasteiger partial charge in [0.25, 0.3) is 0 Å². The van der Waals surface area contributed by atoms with Gasteiger partial charge in [0.15, 0.2) is 0 Å². The molecule has 0 aromatic rings. The van der Waals surface area contributed by atoms with Gasteiger partial charge in [-0.1, -0.05) is 0 Å². The van der Waals surface area contributed by atoms with Gasteiger partial charge in [0.2, 0.25) is 11.8 Å². The Morgan fingerprint density at radius 1 is 1.23 bits per heavy atom. The SMILES string of the molecule is C[C@@H](C(=O)NC12CC3CC(CC(C3)C1)C2)N1CCNC(=O)C1. The van der Waals surface area contributed by atoms with Crippen molar-refractivity contribution in [2.24, 2.45) is 17.8 Å². The second-order valence-electron chi connectivity index (χ2n) is 8.18. The molecule has 0 spiro atoms. The highest BCUT2D eigenvalue weighted by Gasteiger charge is 2.51. The van der Waals surface area contributed by atoms with Crippen molar-refractivity contribution >= 4 is 11.8 Å². The molecule has 122 valence electrons. The summed E-state index contributed by atoms with van der Waals surface area (Å²) in [5.74, 6) is 2.66. The maximum absolute atomic E-state index is 12.7. The number of nitrogens with one attached hydrogen (secondary N) is 2. The summed E-state index contributed by atoms with van der Waals surface area (Å²) in [5.41, 5.74) is 0.0676. The molecule has 1 aliphatic heterocycles. The normalized spacial score (nSPS) is 42.0. The van der Waals surface area contributed by atoms with Crippen LogP contribution in [-0.2, 0) is 9.59 Å². The Morgan fingerprint density at radius 2 is 1.82 bits per heavy atom. The van der Waals surface area contributed by atoms with E-state index in [0.717, 1.165) is 24.3 Å². The van der Waals surface area contributed by atoms with Crippen LogP contribution in [0, 0.1) is 17.8 Å². The summed E-state index contributed by atoms with van der Waals surface area (Å²) >= 11 is 0. The van der Waals surface area contributed by atoms with Crippen molar-refractivity contribution in [3.63, 3.8) is 0 Å². The molecule has 4 aliphatic carbocycles. The Hall–Kier alpha value is -1.10. The molecule has 1 saturated heterocycles. The number of piperazine rings is 1. The van der Waals surface area contributed by atoms with Crippen molar-refractivity contribution in [1.29, 1.82) is 0 Å². The Kier molecular flexibility index (Phi) is 3.44. The van der Waals surface area contributed by atoms with E-state index < -0.39 is 0 Å².